The number of rotatable bonds is 2. The van der Waals surface area contributed by atoms with E-state index < -0.39 is 0 Å². The third-order valence-corrected chi connectivity index (χ3v) is 4.01. The zero-order valence-corrected chi connectivity index (χ0v) is 9.29. The summed E-state index contributed by atoms with van der Waals surface area (Å²) < 4.78 is 0. The SMILES string of the molecule is CC(=O)c1cc([C@]23CNC[C@@H]2C3)ccc1O. The van der Waals surface area contributed by atoms with Gasteiger partial charge in [0.15, 0.2) is 5.78 Å². The Morgan fingerprint density at radius 1 is 1.56 bits per heavy atom. The molecule has 3 nitrogen and oxygen atoms in total. The first-order valence-corrected chi connectivity index (χ1v) is 5.69. The van der Waals surface area contributed by atoms with Crippen molar-refractivity contribution in [3.05, 3.63) is 29.3 Å². The van der Waals surface area contributed by atoms with E-state index in [1.165, 1.54) is 18.9 Å². The van der Waals surface area contributed by atoms with Gasteiger partial charge < -0.3 is 10.4 Å². The van der Waals surface area contributed by atoms with E-state index in [2.05, 4.69) is 5.32 Å². The highest BCUT2D eigenvalue weighted by Crippen LogP contribution is 2.56. The summed E-state index contributed by atoms with van der Waals surface area (Å²) in [4.78, 5) is 11.4. The molecule has 0 aromatic heterocycles. The van der Waals surface area contributed by atoms with Crippen LogP contribution < -0.4 is 5.32 Å². The Morgan fingerprint density at radius 3 is 2.94 bits per heavy atom. The molecule has 2 aliphatic rings. The van der Waals surface area contributed by atoms with Crippen LogP contribution in [-0.4, -0.2) is 24.0 Å². The number of nitrogens with one attached hydrogen (secondary N) is 1. The molecule has 84 valence electrons. The van der Waals surface area contributed by atoms with E-state index in [1.807, 2.05) is 12.1 Å². The topological polar surface area (TPSA) is 49.3 Å². The predicted molar refractivity (Wildman–Crippen MR) is 60.8 cm³/mol. The van der Waals surface area contributed by atoms with E-state index in [0.29, 0.717) is 5.56 Å². The number of carbonyl (C=O) groups is 1. The van der Waals surface area contributed by atoms with Gasteiger partial charge in [0.2, 0.25) is 0 Å². The first-order valence-electron chi connectivity index (χ1n) is 5.69. The lowest BCUT2D eigenvalue weighted by Crippen LogP contribution is -2.19. The lowest BCUT2D eigenvalue weighted by Gasteiger charge is -2.13. The predicted octanol–water partition coefficient (Wildman–Crippen LogP) is 1.46. The summed E-state index contributed by atoms with van der Waals surface area (Å²) in [7, 11) is 0. The monoisotopic (exact) mass is 217 g/mol. The van der Waals surface area contributed by atoms with Gasteiger partial charge in [-0.3, -0.25) is 4.79 Å². The van der Waals surface area contributed by atoms with Crippen LogP contribution in [-0.2, 0) is 5.41 Å². The van der Waals surface area contributed by atoms with Gasteiger partial charge in [0.1, 0.15) is 5.75 Å². The van der Waals surface area contributed by atoms with Crippen LogP contribution in [0.15, 0.2) is 18.2 Å². The highest BCUT2D eigenvalue weighted by atomic mass is 16.3. The van der Waals surface area contributed by atoms with Crippen molar-refractivity contribution in [2.45, 2.75) is 18.8 Å². The fourth-order valence-electron chi connectivity index (χ4n) is 2.92. The quantitative estimate of drug-likeness (QED) is 0.737. The minimum Gasteiger partial charge on any atom is -0.507 e. The summed E-state index contributed by atoms with van der Waals surface area (Å²) >= 11 is 0. The highest BCUT2D eigenvalue weighted by molar-refractivity contribution is 5.97. The zero-order valence-electron chi connectivity index (χ0n) is 9.29. The third kappa shape index (κ3) is 1.21. The van der Waals surface area contributed by atoms with Crippen molar-refractivity contribution in [2.75, 3.05) is 13.1 Å². The molecule has 2 N–H and O–H groups in total. The average Bonchev–Trinajstić information content (AvgIpc) is 2.82. The fourth-order valence-corrected chi connectivity index (χ4v) is 2.92. The Kier molecular flexibility index (Phi) is 1.89. The van der Waals surface area contributed by atoms with E-state index in [1.54, 1.807) is 6.07 Å². The Balaban J connectivity index is 2.03. The normalized spacial score (nSPS) is 31.2. The summed E-state index contributed by atoms with van der Waals surface area (Å²) in [5, 5.41) is 13.0. The van der Waals surface area contributed by atoms with Crippen LogP contribution in [0.5, 0.6) is 5.75 Å². The second-order valence-electron chi connectivity index (χ2n) is 4.98. The third-order valence-electron chi connectivity index (χ3n) is 4.01. The number of carbonyl (C=O) groups excluding carboxylic acids is 1. The van der Waals surface area contributed by atoms with Crippen molar-refractivity contribution in [1.82, 2.24) is 5.32 Å². The number of aromatic hydroxyl groups is 1. The van der Waals surface area contributed by atoms with Crippen LogP contribution >= 0.6 is 0 Å². The molecule has 1 heterocycles. The molecule has 0 bridgehead atoms. The summed E-state index contributed by atoms with van der Waals surface area (Å²) in [5.74, 6) is 0.742. The van der Waals surface area contributed by atoms with E-state index in [-0.39, 0.29) is 16.9 Å². The van der Waals surface area contributed by atoms with Gasteiger partial charge in [0.05, 0.1) is 5.56 Å². The minimum absolute atomic E-state index is 0.0705. The number of Topliss-reactive ketones (excluding diaryl/α,β-unsaturated/α-hetero) is 1. The van der Waals surface area contributed by atoms with Gasteiger partial charge in [-0.25, -0.2) is 0 Å². The van der Waals surface area contributed by atoms with Crippen molar-refractivity contribution in [2.24, 2.45) is 5.92 Å². The fraction of sp³-hybridized carbons (Fsp3) is 0.462. The number of fused-ring (bicyclic) bond motifs is 1. The molecular formula is C13H15NO2. The van der Waals surface area contributed by atoms with E-state index in [0.717, 1.165) is 19.0 Å². The van der Waals surface area contributed by atoms with Gasteiger partial charge >= 0.3 is 0 Å². The van der Waals surface area contributed by atoms with Crippen LogP contribution in [0, 0.1) is 5.92 Å². The molecule has 1 saturated heterocycles. The Bertz CT molecular complexity index is 469. The second-order valence-corrected chi connectivity index (χ2v) is 4.98. The van der Waals surface area contributed by atoms with Crippen LogP contribution in [0.25, 0.3) is 0 Å². The molecule has 1 saturated carbocycles. The molecule has 2 fully saturated rings. The summed E-state index contributed by atoms with van der Waals surface area (Å²) in [6, 6.07) is 5.47. The van der Waals surface area contributed by atoms with E-state index in [9.17, 15) is 9.90 Å². The number of ketones is 1. The van der Waals surface area contributed by atoms with Gasteiger partial charge in [-0.1, -0.05) is 6.07 Å². The average molecular weight is 217 g/mol. The maximum Gasteiger partial charge on any atom is 0.163 e. The standard InChI is InChI=1S/C13H15NO2/c1-8(15)11-4-9(2-3-12(11)16)13-5-10(13)6-14-7-13/h2-4,10,14,16H,5-7H2,1H3/t10-,13-/m0/s1. The number of piperidine rings is 1. The van der Waals surface area contributed by atoms with Crippen molar-refractivity contribution >= 4 is 5.78 Å². The second kappa shape index (κ2) is 3.08. The lowest BCUT2D eigenvalue weighted by atomic mass is 9.92. The summed E-state index contributed by atoms with van der Waals surface area (Å²) in [6.45, 7) is 3.57. The molecule has 2 atom stereocenters. The minimum atomic E-state index is -0.0705. The van der Waals surface area contributed by atoms with Gasteiger partial charge in [-0.05, 0) is 43.5 Å². The molecule has 3 rings (SSSR count). The molecule has 0 radical (unpaired) electrons. The molecule has 3 heteroatoms. The number of phenolic OH excluding ortho intramolecular Hbond substituents is 1. The molecule has 1 aliphatic heterocycles. The van der Waals surface area contributed by atoms with Crippen LogP contribution in [0.3, 0.4) is 0 Å². The van der Waals surface area contributed by atoms with Crippen molar-refractivity contribution in [3.63, 3.8) is 0 Å². The molecule has 0 spiro atoms. The van der Waals surface area contributed by atoms with Gasteiger partial charge in [0.25, 0.3) is 0 Å². The lowest BCUT2D eigenvalue weighted by molar-refractivity contribution is 0.101. The number of phenols is 1. The molecule has 0 unspecified atom stereocenters. The largest absolute Gasteiger partial charge is 0.507 e. The molecular weight excluding hydrogens is 202 g/mol. The Labute approximate surface area is 94.5 Å². The molecule has 16 heavy (non-hydrogen) atoms. The number of hydrogen-bond acceptors (Lipinski definition) is 3. The molecule has 1 aromatic carbocycles. The van der Waals surface area contributed by atoms with Crippen molar-refractivity contribution in [1.29, 1.82) is 0 Å². The Hall–Kier alpha value is -1.35. The summed E-state index contributed by atoms with van der Waals surface area (Å²) in [5.41, 5.74) is 1.90. The molecule has 1 aromatic rings. The maximum absolute atomic E-state index is 11.4. The Morgan fingerprint density at radius 2 is 2.38 bits per heavy atom. The van der Waals surface area contributed by atoms with Crippen molar-refractivity contribution < 1.29 is 9.90 Å². The van der Waals surface area contributed by atoms with E-state index >= 15 is 0 Å². The van der Waals surface area contributed by atoms with Crippen LogP contribution in [0.1, 0.15) is 29.3 Å². The van der Waals surface area contributed by atoms with Crippen LogP contribution in [0.4, 0.5) is 0 Å². The summed E-state index contributed by atoms with van der Waals surface area (Å²) in [6.07, 6.45) is 1.21. The van der Waals surface area contributed by atoms with Gasteiger partial charge in [-0.2, -0.15) is 0 Å². The van der Waals surface area contributed by atoms with Crippen molar-refractivity contribution in [3.8, 4) is 5.75 Å². The zero-order chi connectivity index (χ0) is 11.3. The molecule has 1 aliphatic carbocycles. The maximum atomic E-state index is 11.4. The number of hydrogen-bond donors (Lipinski definition) is 2. The van der Waals surface area contributed by atoms with E-state index in [4.69, 9.17) is 0 Å². The highest BCUT2D eigenvalue weighted by Gasteiger charge is 2.58. The number of benzene rings is 1. The first-order chi connectivity index (χ1) is 7.63. The smallest absolute Gasteiger partial charge is 0.163 e. The van der Waals surface area contributed by atoms with Crippen LogP contribution in [0.2, 0.25) is 0 Å². The molecule has 0 amide bonds. The van der Waals surface area contributed by atoms with Gasteiger partial charge in [-0.15, -0.1) is 0 Å². The van der Waals surface area contributed by atoms with Gasteiger partial charge in [0, 0.05) is 12.0 Å². The first kappa shape index (κ1) is 9.85.